The van der Waals surface area contributed by atoms with Crippen molar-refractivity contribution in [2.24, 2.45) is 7.05 Å². The Morgan fingerprint density at radius 2 is 1.91 bits per heavy atom. The molecule has 2 fully saturated rings. The fourth-order valence-electron chi connectivity index (χ4n) is 4.21. The number of aryl methyl sites for hydroxylation is 1. The summed E-state index contributed by atoms with van der Waals surface area (Å²) in [7, 11) is 4.05. The zero-order chi connectivity index (χ0) is 16.0. The SMILES string of the molecule is CN1CCCC1C1CCCN1C(=O)c1ccc2c(c1)nnn2C. The molecule has 3 heterocycles. The van der Waals surface area contributed by atoms with E-state index in [-0.39, 0.29) is 5.91 Å². The molecule has 0 aliphatic carbocycles. The van der Waals surface area contributed by atoms with Crippen LogP contribution in [0.5, 0.6) is 0 Å². The average molecular weight is 313 g/mol. The second-order valence-electron chi connectivity index (χ2n) is 6.81. The molecule has 6 heteroatoms. The van der Waals surface area contributed by atoms with Crippen molar-refractivity contribution in [3.8, 4) is 0 Å². The molecule has 122 valence electrons. The van der Waals surface area contributed by atoms with E-state index in [1.807, 2.05) is 25.2 Å². The van der Waals surface area contributed by atoms with Crippen LogP contribution in [0.3, 0.4) is 0 Å². The van der Waals surface area contributed by atoms with Crippen molar-refractivity contribution in [2.45, 2.75) is 37.8 Å². The molecule has 1 aromatic carbocycles. The third-order valence-electron chi connectivity index (χ3n) is 5.44. The molecule has 6 nitrogen and oxygen atoms in total. The van der Waals surface area contributed by atoms with E-state index >= 15 is 0 Å². The lowest BCUT2D eigenvalue weighted by Crippen LogP contribution is -2.47. The topological polar surface area (TPSA) is 54.3 Å². The average Bonchev–Trinajstić information content (AvgIpc) is 3.26. The Kier molecular flexibility index (Phi) is 3.56. The van der Waals surface area contributed by atoms with Crippen molar-refractivity contribution in [3.63, 3.8) is 0 Å². The Morgan fingerprint density at radius 1 is 1.13 bits per heavy atom. The van der Waals surface area contributed by atoms with Gasteiger partial charge in [0, 0.05) is 31.2 Å². The van der Waals surface area contributed by atoms with E-state index in [9.17, 15) is 4.79 Å². The molecule has 2 aromatic rings. The van der Waals surface area contributed by atoms with Gasteiger partial charge < -0.3 is 9.80 Å². The maximum atomic E-state index is 13.0. The Morgan fingerprint density at radius 3 is 2.70 bits per heavy atom. The summed E-state index contributed by atoms with van der Waals surface area (Å²) < 4.78 is 1.73. The summed E-state index contributed by atoms with van der Waals surface area (Å²) in [5, 5.41) is 8.15. The summed E-state index contributed by atoms with van der Waals surface area (Å²) in [6.45, 7) is 2.01. The van der Waals surface area contributed by atoms with Crippen LogP contribution in [-0.4, -0.2) is 62.9 Å². The van der Waals surface area contributed by atoms with E-state index in [0.717, 1.165) is 42.5 Å². The number of likely N-dealkylation sites (N-methyl/N-ethyl adjacent to an activating group) is 1. The van der Waals surface area contributed by atoms with E-state index in [0.29, 0.717) is 12.1 Å². The smallest absolute Gasteiger partial charge is 0.254 e. The molecular formula is C17H23N5O. The summed E-state index contributed by atoms with van der Waals surface area (Å²) in [5.41, 5.74) is 2.47. The Hall–Kier alpha value is -1.95. The first-order valence-corrected chi connectivity index (χ1v) is 8.46. The van der Waals surface area contributed by atoms with Crippen LogP contribution in [0.4, 0.5) is 0 Å². The van der Waals surface area contributed by atoms with Gasteiger partial charge in [-0.1, -0.05) is 5.21 Å². The van der Waals surface area contributed by atoms with Gasteiger partial charge in [-0.3, -0.25) is 4.79 Å². The number of carbonyl (C=O) groups is 1. The molecule has 2 saturated heterocycles. The fourth-order valence-corrected chi connectivity index (χ4v) is 4.21. The molecule has 0 bridgehead atoms. The third kappa shape index (κ3) is 2.41. The highest BCUT2D eigenvalue weighted by atomic mass is 16.2. The highest BCUT2D eigenvalue weighted by molar-refractivity contribution is 5.97. The minimum absolute atomic E-state index is 0.139. The number of fused-ring (bicyclic) bond motifs is 1. The lowest BCUT2D eigenvalue weighted by molar-refractivity contribution is 0.0664. The van der Waals surface area contributed by atoms with Crippen molar-refractivity contribution in [1.29, 1.82) is 0 Å². The van der Waals surface area contributed by atoms with Crippen LogP contribution in [0.2, 0.25) is 0 Å². The molecule has 0 radical (unpaired) electrons. The molecule has 2 atom stereocenters. The molecule has 1 amide bonds. The van der Waals surface area contributed by atoms with E-state index in [1.54, 1.807) is 4.68 Å². The lowest BCUT2D eigenvalue weighted by atomic mass is 10.0. The largest absolute Gasteiger partial charge is 0.334 e. The number of hydrogen-bond acceptors (Lipinski definition) is 4. The van der Waals surface area contributed by atoms with Crippen molar-refractivity contribution in [1.82, 2.24) is 24.8 Å². The zero-order valence-corrected chi connectivity index (χ0v) is 13.8. The van der Waals surface area contributed by atoms with Crippen molar-refractivity contribution < 1.29 is 4.79 Å². The number of benzene rings is 1. The van der Waals surface area contributed by atoms with Crippen molar-refractivity contribution in [2.75, 3.05) is 20.1 Å². The van der Waals surface area contributed by atoms with Crippen LogP contribution in [0, 0.1) is 0 Å². The monoisotopic (exact) mass is 313 g/mol. The quantitative estimate of drug-likeness (QED) is 0.846. The second kappa shape index (κ2) is 5.60. The lowest BCUT2D eigenvalue weighted by Gasteiger charge is -2.33. The number of aromatic nitrogens is 3. The summed E-state index contributed by atoms with van der Waals surface area (Å²) >= 11 is 0. The number of nitrogens with zero attached hydrogens (tertiary/aromatic N) is 5. The number of amides is 1. The normalized spacial score (nSPS) is 25.6. The molecular weight excluding hydrogens is 290 g/mol. The molecule has 4 rings (SSSR count). The first-order chi connectivity index (χ1) is 11.1. The minimum atomic E-state index is 0.139. The van der Waals surface area contributed by atoms with Gasteiger partial charge in [0.15, 0.2) is 0 Å². The third-order valence-corrected chi connectivity index (χ3v) is 5.44. The fraction of sp³-hybridized carbons (Fsp3) is 0.588. The summed E-state index contributed by atoms with van der Waals surface area (Å²) in [4.78, 5) is 17.5. The maximum absolute atomic E-state index is 13.0. The molecule has 0 N–H and O–H groups in total. The summed E-state index contributed by atoms with van der Waals surface area (Å²) in [5.74, 6) is 0.139. The van der Waals surface area contributed by atoms with E-state index in [4.69, 9.17) is 0 Å². The zero-order valence-electron chi connectivity index (χ0n) is 13.8. The Labute approximate surface area is 136 Å². The number of rotatable bonds is 2. The molecule has 2 unspecified atom stereocenters. The summed E-state index contributed by atoms with van der Waals surface area (Å²) in [6, 6.07) is 6.59. The van der Waals surface area contributed by atoms with Crippen LogP contribution in [0.1, 0.15) is 36.0 Å². The molecule has 2 aliphatic heterocycles. The van der Waals surface area contributed by atoms with Gasteiger partial charge >= 0.3 is 0 Å². The van der Waals surface area contributed by atoms with Gasteiger partial charge in [-0.15, -0.1) is 5.10 Å². The van der Waals surface area contributed by atoms with Gasteiger partial charge in [-0.25, -0.2) is 4.68 Å². The van der Waals surface area contributed by atoms with Gasteiger partial charge in [0.1, 0.15) is 5.52 Å². The first-order valence-electron chi connectivity index (χ1n) is 8.46. The molecule has 1 aromatic heterocycles. The molecule has 0 spiro atoms. The van der Waals surface area contributed by atoms with Crippen LogP contribution >= 0.6 is 0 Å². The Balaban J connectivity index is 1.61. The number of likely N-dealkylation sites (tertiary alicyclic amines) is 2. The van der Waals surface area contributed by atoms with Crippen molar-refractivity contribution >= 4 is 16.9 Å². The molecule has 2 aliphatic rings. The van der Waals surface area contributed by atoms with Gasteiger partial charge in [-0.2, -0.15) is 0 Å². The maximum Gasteiger partial charge on any atom is 0.254 e. The van der Waals surface area contributed by atoms with Crippen LogP contribution in [0.25, 0.3) is 11.0 Å². The van der Waals surface area contributed by atoms with E-state index in [1.165, 1.54) is 12.8 Å². The predicted octanol–water partition coefficient (Wildman–Crippen LogP) is 1.67. The standard InChI is InChI=1S/C17H23N5O/c1-20-9-3-5-15(20)16-6-4-10-22(16)17(23)12-7-8-14-13(11-12)18-19-21(14)2/h7-8,11,15-16H,3-6,9-10H2,1-2H3. The molecule has 23 heavy (non-hydrogen) atoms. The summed E-state index contributed by atoms with van der Waals surface area (Å²) in [6.07, 6.45) is 4.67. The van der Waals surface area contributed by atoms with Crippen LogP contribution < -0.4 is 0 Å². The Bertz CT molecular complexity index is 740. The first kappa shape index (κ1) is 14.6. The van der Waals surface area contributed by atoms with Gasteiger partial charge in [0.05, 0.1) is 5.52 Å². The van der Waals surface area contributed by atoms with Crippen LogP contribution in [0.15, 0.2) is 18.2 Å². The van der Waals surface area contributed by atoms with Crippen molar-refractivity contribution in [3.05, 3.63) is 23.8 Å². The van der Waals surface area contributed by atoms with Gasteiger partial charge in [-0.05, 0) is 57.5 Å². The highest BCUT2D eigenvalue weighted by Crippen LogP contribution is 2.30. The van der Waals surface area contributed by atoms with Gasteiger partial charge in [0.2, 0.25) is 0 Å². The number of carbonyl (C=O) groups excluding carboxylic acids is 1. The van der Waals surface area contributed by atoms with Crippen LogP contribution in [-0.2, 0) is 7.05 Å². The van der Waals surface area contributed by atoms with E-state index < -0.39 is 0 Å². The number of hydrogen-bond donors (Lipinski definition) is 0. The van der Waals surface area contributed by atoms with Gasteiger partial charge in [0.25, 0.3) is 5.91 Å². The highest BCUT2D eigenvalue weighted by Gasteiger charge is 2.38. The van der Waals surface area contributed by atoms with E-state index in [2.05, 4.69) is 27.2 Å². The predicted molar refractivity (Wildman–Crippen MR) is 88.2 cm³/mol. The second-order valence-corrected chi connectivity index (χ2v) is 6.81. The minimum Gasteiger partial charge on any atom is -0.334 e. The molecule has 0 saturated carbocycles.